The summed E-state index contributed by atoms with van der Waals surface area (Å²) < 4.78 is 85.7. The van der Waals surface area contributed by atoms with Gasteiger partial charge in [-0.1, -0.05) is 43.3 Å². The smallest absolute Gasteiger partial charge is 0.320 e. The third-order valence-corrected chi connectivity index (χ3v) is 9.38. The van der Waals surface area contributed by atoms with E-state index in [9.17, 15) is 4.39 Å². The molecule has 0 N–H and O–H groups in total. The molecule has 2 atom stereocenters. The predicted octanol–water partition coefficient (Wildman–Crippen LogP) is 7.95. The van der Waals surface area contributed by atoms with Crippen LogP contribution in [0, 0.1) is 17.5 Å². The van der Waals surface area contributed by atoms with Crippen molar-refractivity contribution in [2.24, 2.45) is 0 Å². The molecule has 0 aliphatic carbocycles. The van der Waals surface area contributed by atoms with Crippen molar-refractivity contribution in [3.05, 3.63) is 89.2 Å². The molecule has 0 amide bonds. The number of alkyl halides is 1. The van der Waals surface area contributed by atoms with Crippen molar-refractivity contribution in [1.29, 1.82) is 0 Å². The van der Waals surface area contributed by atoms with Gasteiger partial charge in [-0.15, -0.1) is 0 Å². The number of ether oxygens (including phenoxy) is 4. The molecule has 0 bridgehead atoms. The van der Waals surface area contributed by atoms with E-state index >= 15 is 13.2 Å². The van der Waals surface area contributed by atoms with E-state index in [1.54, 1.807) is 19.1 Å². The van der Waals surface area contributed by atoms with Gasteiger partial charge >= 0.3 is 6.01 Å². The van der Waals surface area contributed by atoms with E-state index in [1.807, 2.05) is 30.3 Å². The standard InChI is InChI=1S/C37H35F4N3O4/c1-3-26-29(39)11-10-23-14-25(48-21-45-2)15-27(31(23)26)32-30(40)16-28-34(33(32)41)42-36(43-35(28)46-19-22-8-5-4-6-9-22)47-20-37-12-7-13-44(37)18-24(38)17-37/h4-6,8-11,14-16,24H,3,7,12-13,17-21H2,1-2H3/t24-,37+/m1/s1. The number of rotatable bonds is 11. The molecular weight excluding hydrogens is 626 g/mol. The summed E-state index contributed by atoms with van der Waals surface area (Å²) in [4.78, 5) is 11.0. The lowest BCUT2D eigenvalue weighted by Gasteiger charge is -2.30. The lowest BCUT2D eigenvalue weighted by molar-refractivity contribution is 0.0512. The third-order valence-electron chi connectivity index (χ3n) is 9.38. The molecule has 0 saturated carbocycles. The Hall–Kier alpha value is -4.48. The van der Waals surface area contributed by atoms with E-state index < -0.39 is 34.7 Å². The summed E-state index contributed by atoms with van der Waals surface area (Å²) in [6.45, 7) is 2.96. The van der Waals surface area contributed by atoms with Crippen molar-refractivity contribution in [1.82, 2.24) is 14.9 Å². The number of aromatic nitrogens is 2. The number of benzene rings is 4. The summed E-state index contributed by atoms with van der Waals surface area (Å²) >= 11 is 0. The molecule has 7 nitrogen and oxygen atoms in total. The van der Waals surface area contributed by atoms with Gasteiger partial charge in [0.25, 0.3) is 0 Å². The minimum Gasteiger partial charge on any atom is -0.472 e. The van der Waals surface area contributed by atoms with Crippen LogP contribution in [0.3, 0.4) is 0 Å². The highest BCUT2D eigenvalue weighted by atomic mass is 19.1. The Balaban J connectivity index is 1.38. The van der Waals surface area contributed by atoms with Gasteiger partial charge in [0.2, 0.25) is 5.88 Å². The van der Waals surface area contributed by atoms with Gasteiger partial charge in [-0.3, -0.25) is 4.90 Å². The van der Waals surface area contributed by atoms with Gasteiger partial charge in [0.1, 0.15) is 42.3 Å². The van der Waals surface area contributed by atoms with Crippen molar-refractivity contribution in [3.8, 4) is 28.8 Å². The molecule has 0 spiro atoms. The summed E-state index contributed by atoms with van der Waals surface area (Å²) in [5, 5.41) is 0.894. The zero-order chi connectivity index (χ0) is 33.4. The minimum absolute atomic E-state index is 0.000338. The molecule has 2 aliphatic heterocycles. The van der Waals surface area contributed by atoms with Gasteiger partial charge in [0.15, 0.2) is 12.6 Å². The molecule has 2 aliphatic rings. The maximum absolute atomic E-state index is 16.9. The lowest BCUT2D eigenvalue weighted by atomic mass is 9.91. The SMILES string of the molecule is CCc1c(F)ccc2cc(OCOC)cc(-c3c(F)cc4c(OCc5ccccc5)nc(OC[C@@]56CCCN5C[C@H](F)C6)nc4c3F)c12. The fourth-order valence-electron chi connectivity index (χ4n) is 7.19. The van der Waals surface area contributed by atoms with E-state index in [0.29, 0.717) is 29.3 Å². The van der Waals surface area contributed by atoms with Gasteiger partial charge < -0.3 is 18.9 Å². The fraction of sp³-hybridized carbons (Fsp3) is 0.351. The first-order valence-corrected chi connectivity index (χ1v) is 16.1. The highest BCUT2D eigenvalue weighted by Crippen LogP contribution is 2.43. The average Bonchev–Trinajstić information content (AvgIpc) is 3.61. The molecule has 3 heterocycles. The molecule has 0 unspecified atom stereocenters. The highest BCUT2D eigenvalue weighted by Gasteiger charge is 2.49. The number of fused-ring (bicyclic) bond motifs is 3. The monoisotopic (exact) mass is 661 g/mol. The molecule has 1 aromatic heterocycles. The maximum atomic E-state index is 16.9. The van der Waals surface area contributed by atoms with Crippen LogP contribution < -0.4 is 14.2 Å². The molecule has 250 valence electrons. The quantitative estimate of drug-likeness (QED) is 0.105. The van der Waals surface area contributed by atoms with Crippen LogP contribution in [0.25, 0.3) is 32.8 Å². The van der Waals surface area contributed by atoms with Crippen LogP contribution in [0.5, 0.6) is 17.6 Å². The summed E-state index contributed by atoms with van der Waals surface area (Å²) in [5.74, 6) is -2.19. The van der Waals surface area contributed by atoms with Gasteiger partial charge in [-0.25, -0.2) is 17.6 Å². The Labute approximate surface area is 275 Å². The van der Waals surface area contributed by atoms with Gasteiger partial charge in [-0.05, 0) is 77.5 Å². The number of nitrogens with zero attached hydrogens (tertiary/aromatic N) is 3. The molecule has 2 fully saturated rings. The number of hydrogen-bond acceptors (Lipinski definition) is 7. The Morgan fingerprint density at radius 2 is 1.79 bits per heavy atom. The Kier molecular flexibility index (Phi) is 8.82. The first kappa shape index (κ1) is 32.1. The molecule has 11 heteroatoms. The normalized spacial score (nSPS) is 19.2. The van der Waals surface area contributed by atoms with E-state index in [4.69, 9.17) is 18.9 Å². The molecule has 4 aromatic carbocycles. The summed E-state index contributed by atoms with van der Waals surface area (Å²) in [6, 6.07) is 16.3. The van der Waals surface area contributed by atoms with E-state index in [-0.39, 0.29) is 60.5 Å². The van der Waals surface area contributed by atoms with Crippen LogP contribution in [0.4, 0.5) is 17.6 Å². The maximum Gasteiger partial charge on any atom is 0.320 e. The van der Waals surface area contributed by atoms with Crippen LogP contribution in [0.15, 0.2) is 60.7 Å². The number of hydrogen-bond donors (Lipinski definition) is 0. The molecule has 2 saturated heterocycles. The molecule has 5 aromatic rings. The summed E-state index contributed by atoms with van der Waals surface area (Å²) in [5.41, 5.74) is 0.0730. The topological polar surface area (TPSA) is 65.9 Å². The van der Waals surface area contributed by atoms with Crippen LogP contribution in [0.2, 0.25) is 0 Å². The Bertz CT molecular complexity index is 1980. The number of halogens is 4. The van der Waals surface area contributed by atoms with Crippen LogP contribution in [-0.2, 0) is 17.8 Å². The second-order valence-corrected chi connectivity index (χ2v) is 12.4. The summed E-state index contributed by atoms with van der Waals surface area (Å²) in [6.07, 6.45) is 1.31. The fourth-order valence-corrected chi connectivity index (χ4v) is 7.19. The number of aryl methyl sites for hydroxylation is 1. The van der Waals surface area contributed by atoms with Crippen molar-refractivity contribution < 1.29 is 36.5 Å². The van der Waals surface area contributed by atoms with Crippen LogP contribution >= 0.6 is 0 Å². The Morgan fingerprint density at radius 3 is 2.58 bits per heavy atom. The predicted molar refractivity (Wildman–Crippen MR) is 174 cm³/mol. The largest absolute Gasteiger partial charge is 0.472 e. The van der Waals surface area contributed by atoms with Crippen LogP contribution in [0.1, 0.15) is 37.3 Å². The van der Waals surface area contributed by atoms with Gasteiger partial charge in [0, 0.05) is 20.1 Å². The van der Waals surface area contributed by atoms with Crippen LogP contribution in [-0.4, -0.2) is 60.2 Å². The first-order valence-electron chi connectivity index (χ1n) is 16.1. The number of methoxy groups -OCH3 is 1. The zero-order valence-electron chi connectivity index (χ0n) is 26.7. The average molecular weight is 662 g/mol. The van der Waals surface area contributed by atoms with Crippen molar-refractivity contribution in [3.63, 3.8) is 0 Å². The molecular formula is C37H35F4N3O4. The van der Waals surface area contributed by atoms with E-state index in [1.165, 1.54) is 19.2 Å². The first-order chi connectivity index (χ1) is 23.3. The second-order valence-electron chi connectivity index (χ2n) is 12.4. The molecule has 48 heavy (non-hydrogen) atoms. The third kappa shape index (κ3) is 5.90. The van der Waals surface area contributed by atoms with Gasteiger partial charge in [0.05, 0.1) is 16.5 Å². The summed E-state index contributed by atoms with van der Waals surface area (Å²) in [7, 11) is 1.46. The van der Waals surface area contributed by atoms with Crippen molar-refractivity contribution >= 4 is 21.7 Å². The van der Waals surface area contributed by atoms with Crippen molar-refractivity contribution in [2.75, 3.05) is 33.6 Å². The van der Waals surface area contributed by atoms with E-state index in [2.05, 4.69) is 14.9 Å². The molecule has 0 radical (unpaired) electrons. The molecule has 7 rings (SSSR count). The second kappa shape index (κ2) is 13.2. The van der Waals surface area contributed by atoms with Crippen molar-refractivity contribution in [2.45, 2.75) is 50.9 Å². The Morgan fingerprint density at radius 1 is 0.958 bits per heavy atom. The van der Waals surface area contributed by atoms with E-state index in [0.717, 1.165) is 31.0 Å². The highest BCUT2D eigenvalue weighted by molar-refractivity contribution is 6.02. The van der Waals surface area contributed by atoms with Gasteiger partial charge in [-0.2, -0.15) is 9.97 Å². The lowest BCUT2D eigenvalue weighted by Crippen LogP contribution is -2.43. The minimum atomic E-state index is -0.997. The zero-order valence-corrected chi connectivity index (χ0v) is 26.7.